The minimum Gasteiger partial charge on any atom is -0.497 e. The maximum absolute atomic E-state index is 5.81. The van der Waals surface area contributed by atoms with Crippen LogP contribution in [-0.2, 0) is 0 Å². The van der Waals surface area contributed by atoms with Crippen molar-refractivity contribution in [2.75, 3.05) is 14.2 Å². The van der Waals surface area contributed by atoms with Crippen LogP contribution >= 0.6 is 0 Å². The summed E-state index contributed by atoms with van der Waals surface area (Å²) in [6, 6.07) is 14.8. The van der Waals surface area contributed by atoms with Gasteiger partial charge in [0.05, 0.1) is 14.2 Å². The van der Waals surface area contributed by atoms with Crippen LogP contribution in [0, 0.1) is 0 Å². The van der Waals surface area contributed by atoms with Crippen molar-refractivity contribution in [2.24, 2.45) is 0 Å². The molecule has 6 heteroatoms. The van der Waals surface area contributed by atoms with Gasteiger partial charge in [-0.25, -0.2) is 0 Å². The molecule has 1 atom stereocenters. The Kier molecular flexibility index (Phi) is 4.65. The number of methoxy groups -OCH3 is 2. The zero-order valence-corrected chi connectivity index (χ0v) is 13.7. The van der Waals surface area contributed by atoms with Gasteiger partial charge in [0.25, 0.3) is 5.89 Å². The SMILES string of the molecule is COc1ccc(OC(C)c2nc(-c3ccc(OC)cc3)no2)cc1. The fraction of sp³-hybridized carbons (Fsp3) is 0.222. The maximum atomic E-state index is 5.81. The number of ether oxygens (including phenoxy) is 3. The number of aromatic nitrogens is 2. The van der Waals surface area contributed by atoms with Gasteiger partial charge in [-0.3, -0.25) is 0 Å². The minimum absolute atomic E-state index is 0.363. The molecule has 1 aromatic heterocycles. The van der Waals surface area contributed by atoms with Crippen molar-refractivity contribution < 1.29 is 18.7 Å². The topological polar surface area (TPSA) is 66.6 Å². The Labute approximate surface area is 140 Å². The van der Waals surface area contributed by atoms with E-state index in [0.29, 0.717) is 17.5 Å². The first kappa shape index (κ1) is 15.9. The van der Waals surface area contributed by atoms with Gasteiger partial charge >= 0.3 is 0 Å². The van der Waals surface area contributed by atoms with E-state index in [1.54, 1.807) is 14.2 Å². The van der Waals surface area contributed by atoms with E-state index in [2.05, 4.69) is 10.1 Å². The first-order valence-electron chi connectivity index (χ1n) is 7.48. The Bertz CT molecular complexity index is 782. The summed E-state index contributed by atoms with van der Waals surface area (Å²) in [5.74, 6) is 3.18. The molecular weight excluding hydrogens is 308 g/mol. The highest BCUT2D eigenvalue weighted by Gasteiger charge is 2.17. The van der Waals surface area contributed by atoms with Gasteiger partial charge in [-0.15, -0.1) is 0 Å². The quantitative estimate of drug-likeness (QED) is 0.684. The molecule has 24 heavy (non-hydrogen) atoms. The average Bonchev–Trinajstić information content (AvgIpc) is 3.13. The second kappa shape index (κ2) is 7.04. The molecule has 0 radical (unpaired) electrons. The molecule has 1 unspecified atom stereocenters. The summed E-state index contributed by atoms with van der Waals surface area (Å²) in [6.07, 6.45) is -0.363. The molecule has 0 aliphatic carbocycles. The Morgan fingerprint density at radius 1 is 0.833 bits per heavy atom. The van der Waals surface area contributed by atoms with Crippen molar-refractivity contribution in [3.8, 4) is 28.6 Å². The highest BCUT2D eigenvalue weighted by atomic mass is 16.5. The van der Waals surface area contributed by atoms with Gasteiger partial charge in [0.15, 0.2) is 6.10 Å². The predicted molar refractivity (Wildman–Crippen MR) is 88.3 cm³/mol. The Morgan fingerprint density at radius 2 is 1.38 bits per heavy atom. The molecule has 2 aromatic carbocycles. The van der Waals surface area contributed by atoms with E-state index >= 15 is 0 Å². The van der Waals surface area contributed by atoms with Crippen molar-refractivity contribution in [2.45, 2.75) is 13.0 Å². The second-order valence-electron chi connectivity index (χ2n) is 5.12. The molecule has 0 saturated carbocycles. The van der Waals surface area contributed by atoms with Crippen LogP contribution in [0.4, 0.5) is 0 Å². The molecule has 1 heterocycles. The summed E-state index contributed by atoms with van der Waals surface area (Å²) in [5.41, 5.74) is 0.849. The van der Waals surface area contributed by atoms with E-state index in [1.165, 1.54) is 0 Å². The Morgan fingerprint density at radius 3 is 1.96 bits per heavy atom. The fourth-order valence-corrected chi connectivity index (χ4v) is 2.17. The average molecular weight is 326 g/mol. The first-order chi connectivity index (χ1) is 11.7. The molecule has 3 aromatic rings. The zero-order chi connectivity index (χ0) is 16.9. The van der Waals surface area contributed by atoms with E-state index in [4.69, 9.17) is 18.7 Å². The van der Waals surface area contributed by atoms with Gasteiger partial charge in [-0.05, 0) is 55.5 Å². The van der Waals surface area contributed by atoms with Crippen LogP contribution in [0.1, 0.15) is 18.9 Å². The number of benzene rings is 2. The summed E-state index contributed by atoms with van der Waals surface area (Å²) in [5, 5.41) is 4.01. The summed E-state index contributed by atoms with van der Waals surface area (Å²) in [6.45, 7) is 1.86. The van der Waals surface area contributed by atoms with E-state index in [1.807, 2.05) is 55.5 Å². The van der Waals surface area contributed by atoms with Crippen LogP contribution in [0.15, 0.2) is 53.1 Å². The van der Waals surface area contributed by atoms with Crippen molar-refractivity contribution >= 4 is 0 Å². The van der Waals surface area contributed by atoms with Crippen molar-refractivity contribution in [1.82, 2.24) is 10.1 Å². The first-order valence-corrected chi connectivity index (χ1v) is 7.48. The van der Waals surface area contributed by atoms with Gasteiger partial charge in [0.1, 0.15) is 17.2 Å². The molecule has 0 aliphatic rings. The number of nitrogens with zero attached hydrogens (tertiary/aromatic N) is 2. The third kappa shape index (κ3) is 3.48. The van der Waals surface area contributed by atoms with E-state index in [-0.39, 0.29) is 6.10 Å². The third-order valence-electron chi connectivity index (χ3n) is 3.51. The van der Waals surface area contributed by atoms with Gasteiger partial charge in [-0.1, -0.05) is 5.16 Å². The van der Waals surface area contributed by atoms with E-state index in [9.17, 15) is 0 Å². The number of rotatable bonds is 6. The van der Waals surface area contributed by atoms with Crippen LogP contribution in [0.2, 0.25) is 0 Å². The number of hydrogen-bond acceptors (Lipinski definition) is 6. The molecule has 0 fully saturated rings. The monoisotopic (exact) mass is 326 g/mol. The molecule has 6 nitrogen and oxygen atoms in total. The zero-order valence-electron chi connectivity index (χ0n) is 13.7. The second-order valence-corrected chi connectivity index (χ2v) is 5.12. The Balaban J connectivity index is 1.71. The molecular formula is C18H18N2O4. The van der Waals surface area contributed by atoms with Gasteiger partial charge in [0.2, 0.25) is 5.82 Å². The van der Waals surface area contributed by atoms with E-state index < -0.39 is 0 Å². The molecule has 0 saturated heterocycles. The molecule has 0 aliphatic heterocycles. The highest BCUT2D eigenvalue weighted by Crippen LogP contribution is 2.25. The smallest absolute Gasteiger partial charge is 0.267 e. The highest BCUT2D eigenvalue weighted by molar-refractivity contribution is 5.55. The molecule has 0 bridgehead atoms. The number of hydrogen-bond donors (Lipinski definition) is 0. The van der Waals surface area contributed by atoms with Gasteiger partial charge < -0.3 is 18.7 Å². The standard InChI is InChI=1S/C18H18N2O4/c1-12(23-16-10-8-15(22-3)9-11-16)18-19-17(20-24-18)13-4-6-14(21-2)7-5-13/h4-12H,1-3H3. The van der Waals surface area contributed by atoms with E-state index in [0.717, 1.165) is 17.1 Å². The summed E-state index contributed by atoms with van der Waals surface area (Å²) >= 11 is 0. The van der Waals surface area contributed by atoms with Crippen molar-refractivity contribution in [3.05, 3.63) is 54.4 Å². The maximum Gasteiger partial charge on any atom is 0.267 e. The minimum atomic E-state index is -0.363. The molecule has 0 amide bonds. The van der Waals surface area contributed by atoms with Crippen molar-refractivity contribution in [3.63, 3.8) is 0 Å². The molecule has 124 valence electrons. The lowest BCUT2D eigenvalue weighted by molar-refractivity contribution is 0.175. The van der Waals surface area contributed by atoms with Crippen LogP contribution < -0.4 is 14.2 Å². The lowest BCUT2D eigenvalue weighted by Crippen LogP contribution is -2.03. The largest absolute Gasteiger partial charge is 0.497 e. The van der Waals surface area contributed by atoms with Crippen LogP contribution in [0.3, 0.4) is 0 Å². The van der Waals surface area contributed by atoms with Crippen LogP contribution in [-0.4, -0.2) is 24.4 Å². The van der Waals surface area contributed by atoms with Gasteiger partial charge in [-0.2, -0.15) is 4.98 Å². The fourth-order valence-electron chi connectivity index (χ4n) is 2.17. The molecule has 0 N–H and O–H groups in total. The van der Waals surface area contributed by atoms with Crippen LogP contribution in [0.25, 0.3) is 11.4 Å². The molecule has 3 rings (SSSR count). The predicted octanol–water partition coefficient (Wildman–Crippen LogP) is 3.89. The lowest BCUT2D eigenvalue weighted by atomic mass is 10.2. The summed E-state index contributed by atoms with van der Waals surface area (Å²) in [4.78, 5) is 4.40. The normalized spacial score (nSPS) is 11.8. The summed E-state index contributed by atoms with van der Waals surface area (Å²) < 4.78 is 21.4. The molecule has 0 spiro atoms. The third-order valence-corrected chi connectivity index (χ3v) is 3.51. The van der Waals surface area contributed by atoms with Gasteiger partial charge in [0, 0.05) is 5.56 Å². The lowest BCUT2D eigenvalue weighted by Gasteiger charge is -2.10. The summed E-state index contributed by atoms with van der Waals surface area (Å²) in [7, 11) is 3.25. The van der Waals surface area contributed by atoms with Crippen LogP contribution in [0.5, 0.6) is 17.2 Å². The Hall–Kier alpha value is -3.02. The van der Waals surface area contributed by atoms with Crippen molar-refractivity contribution in [1.29, 1.82) is 0 Å².